The van der Waals surface area contributed by atoms with Crippen LogP contribution >= 0.6 is 23.5 Å². The van der Waals surface area contributed by atoms with Crippen LogP contribution in [0.15, 0.2) is 39.6 Å². The molecule has 2 saturated heterocycles. The lowest BCUT2D eigenvalue weighted by Crippen LogP contribution is -2.34. The number of rotatable bonds is 4. The van der Waals surface area contributed by atoms with Gasteiger partial charge in [0.2, 0.25) is 15.9 Å². The number of amides is 2. The minimum absolute atomic E-state index is 0.0245. The smallest absolute Gasteiger partial charge is 0.261 e. The number of carbonyl (C=O) groups excluding carboxylic acids is 2. The van der Waals surface area contributed by atoms with E-state index < -0.39 is 10.0 Å². The van der Waals surface area contributed by atoms with E-state index in [0.717, 1.165) is 29.3 Å². The average Bonchev–Trinajstić information content (AvgIpc) is 2.96. The van der Waals surface area contributed by atoms with Crippen LogP contribution in [0, 0.1) is 0 Å². The topological polar surface area (TPSA) is 110 Å². The quantitative estimate of drug-likeness (QED) is 0.726. The van der Waals surface area contributed by atoms with E-state index in [0.29, 0.717) is 11.6 Å². The third-order valence-electron chi connectivity index (χ3n) is 4.06. The van der Waals surface area contributed by atoms with E-state index in [2.05, 4.69) is 5.32 Å². The number of carbonyl (C=O) groups is 2. The summed E-state index contributed by atoms with van der Waals surface area (Å²) in [4.78, 5) is 27.0. The Labute approximate surface area is 160 Å². The molecule has 0 radical (unpaired) electrons. The summed E-state index contributed by atoms with van der Waals surface area (Å²) in [5, 5.41) is 7.70. The summed E-state index contributed by atoms with van der Waals surface area (Å²) in [5.74, 6) is 2.16. The van der Waals surface area contributed by atoms with E-state index in [1.54, 1.807) is 0 Å². The van der Waals surface area contributed by atoms with Crippen LogP contribution in [0.3, 0.4) is 0 Å². The first-order valence-electron chi connectivity index (χ1n) is 7.99. The fourth-order valence-corrected chi connectivity index (χ4v) is 5.38. The van der Waals surface area contributed by atoms with Gasteiger partial charge in [-0.1, -0.05) is 11.8 Å². The number of anilines is 1. The molecule has 3 N–H and O–H groups in total. The van der Waals surface area contributed by atoms with Crippen molar-refractivity contribution in [3.63, 3.8) is 0 Å². The van der Waals surface area contributed by atoms with Gasteiger partial charge in [0.25, 0.3) is 5.91 Å². The number of nitrogens with zero attached hydrogens (tertiary/aromatic N) is 1. The molecule has 0 saturated carbocycles. The van der Waals surface area contributed by atoms with Crippen LogP contribution in [0.2, 0.25) is 0 Å². The Balaban J connectivity index is 1.59. The van der Waals surface area contributed by atoms with Gasteiger partial charge in [-0.2, -0.15) is 11.8 Å². The van der Waals surface area contributed by atoms with Gasteiger partial charge in [0.1, 0.15) is 6.54 Å². The van der Waals surface area contributed by atoms with Crippen LogP contribution in [0.25, 0.3) is 0 Å². The molecule has 0 aliphatic carbocycles. The molecule has 0 bridgehead atoms. The summed E-state index contributed by atoms with van der Waals surface area (Å²) in [6, 6.07) is 5.58. The first-order valence-corrected chi connectivity index (χ1v) is 11.7. The van der Waals surface area contributed by atoms with Crippen molar-refractivity contribution in [2.75, 3.05) is 29.2 Å². The van der Waals surface area contributed by atoms with E-state index >= 15 is 0 Å². The molecule has 2 aliphatic rings. The van der Waals surface area contributed by atoms with Crippen molar-refractivity contribution >= 4 is 51.0 Å². The number of allylic oxidation sites excluding steroid dienone is 1. The number of primary sulfonamides is 1. The Bertz CT molecular complexity index is 842. The van der Waals surface area contributed by atoms with Gasteiger partial charge in [-0.25, -0.2) is 13.6 Å². The summed E-state index contributed by atoms with van der Waals surface area (Å²) < 4.78 is 22.5. The second-order valence-corrected chi connectivity index (χ2v) is 9.68. The average molecular weight is 414 g/mol. The number of hydrogen-bond donors (Lipinski definition) is 2. The molecular formula is C16H19N3O4S3. The molecule has 140 valence electrons. The van der Waals surface area contributed by atoms with E-state index in [1.165, 1.54) is 46.5 Å². The highest BCUT2D eigenvalue weighted by atomic mass is 32.2. The van der Waals surface area contributed by atoms with Crippen LogP contribution in [-0.2, 0) is 19.6 Å². The van der Waals surface area contributed by atoms with Crippen LogP contribution in [0.4, 0.5) is 5.69 Å². The van der Waals surface area contributed by atoms with Crippen LogP contribution in [0.5, 0.6) is 0 Å². The maximum Gasteiger partial charge on any atom is 0.261 e. The van der Waals surface area contributed by atoms with Gasteiger partial charge in [0.15, 0.2) is 0 Å². The minimum atomic E-state index is -3.77. The molecule has 2 heterocycles. The Kier molecular flexibility index (Phi) is 5.96. The largest absolute Gasteiger partial charge is 0.325 e. The maximum atomic E-state index is 12.5. The maximum absolute atomic E-state index is 12.5. The molecule has 2 aliphatic heterocycles. The molecule has 0 spiro atoms. The molecule has 3 rings (SSSR count). The summed E-state index contributed by atoms with van der Waals surface area (Å²) in [5.41, 5.74) is 1.66. The van der Waals surface area contributed by atoms with E-state index in [-0.39, 0.29) is 23.3 Å². The number of sulfonamides is 1. The number of nitrogens with one attached hydrogen (secondary N) is 1. The molecule has 1 aromatic rings. The molecule has 0 atom stereocenters. The van der Waals surface area contributed by atoms with Crippen molar-refractivity contribution in [1.29, 1.82) is 0 Å². The Morgan fingerprint density at radius 3 is 2.46 bits per heavy atom. The highest BCUT2D eigenvalue weighted by Crippen LogP contribution is 2.35. The lowest BCUT2D eigenvalue weighted by atomic mass is 10.1. The molecular weight excluding hydrogens is 394 g/mol. The summed E-state index contributed by atoms with van der Waals surface area (Å²) in [6.45, 7) is -0.0334. The molecule has 7 nitrogen and oxygen atoms in total. The van der Waals surface area contributed by atoms with Crippen LogP contribution in [-0.4, -0.2) is 49.1 Å². The fraction of sp³-hybridized carbons (Fsp3) is 0.375. The molecule has 0 aromatic heterocycles. The first kappa shape index (κ1) is 19.3. The monoisotopic (exact) mass is 413 g/mol. The molecule has 2 amide bonds. The first-order chi connectivity index (χ1) is 12.3. The SMILES string of the molecule is NS(=O)(=O)c1ccc(NC(=O)CN2CSC(=C3CCSCC3)C2=O)cc1. The zero-order valence-corrected chi connectivity index (χ0v) is 16.4. The van der Waals surface area contributed by atoms with Crippen molar-refractivity contribution in [2.45, 2.75) is 17.7 Å². The zero-order chi connectivity index (χ0) is 18.7. The Morgan fingerprint density at radius 2 is 1.85 bits per heavy atom. The van der Waals surface area contributed by atoms with Crippen LogP contribution in [0.1, 0.15) is 12.8 Å². The van der Waals surface area contributed by atoms with Crippen molar-refractivity contribution in [3.05, 3.63) is 34.7 Å². The Hall–Kier alpha value is -1.49. The molecule has 10 heteroatoms. The van der Waals surface area contributed by atoms with Crippen molar-refractivity contribution in [3.8, 4) is 0 Å². The lowest BCUT2D eigenvalue weighted by molar-refractivity contribution is -0.129. The lowest BCUT2D eigenvalue weighted by Gasteiger charge is -2.16. The van der Waals surface area contributed by atoms with Crippen molar-refractivity contribution in [1.82, 2.24) is 4.90 Å². The van der Waals surface area contributed by atoms with Gasteiger partial charge < -0.3 is 10.2 Å². The second-order valence-electron chi connectivity index (χ2n) is 5.94. The van der Waals surface area contributed by atoms with E-state index in [4.69, 9.17) is 5.14 Å². The van der Waals surface area contributed by atoms with E-state index in [9.17, 15) is 18.0 Å². The number of benzene rings is 1. The summed E-state index contributed by atoms with van der Waals surface area (Å²) in [6.07, 6.45) is 1.88. The van der Waals surface area contributed by atoms with Gasteiger partial charge in [-0.05, 0) is 54.2 Å². The van der Waals surface area contributed by atoms with Crippen molar-refractivity contribution in [2.24, 2.45) is 5.14 Å². The van der Waals surface area contributed by atoms with Crippen molar-refractivity contribution < 1.29 is 18.0 Å². The molecule has 2 fully saturated rings. The van der Waals surface area contributed by atoms with Gasteiger partial charge >= 0.3 is 0 Å². The fourth-order valence-electron chi connectivity index (χ4n) is 2.72. The van der Waals surface area contributed by atoms with E-state index in [1.807, 2.05) is 11.8 Å². The highest BCUT2D eigenvalue weighted by molar-refractivity contribution is 8.04. The van der Waals surface area contributed by atoms with Crippen LogP contribution < -0.4 is 10.5 Å². The minimum Gasteiger partial charge on any atom is -0.325 e. The van der Waals surface area contributed by atoms with Gasteiger partial charge in [-0.3, -0.25) is 9.59 Å². The summed E-state index contributed by atoms with van der Waals surface area (Å²) >= 11 is 3.40. The third kappa shape index (κ3) is 4.61. The molecule has 0 unspecified atom stereocenters. The number of thioether (sulfide) groups is 2. The summed E-state index contributed by atoms with van der Waals surface area (Å²) in [7, 11) is -3.77. The molecule has 1 aromatic carbocycles. The molecule has 26 heavy (non-hydrogen) atoms. The second kappa shape index (κ2) is 8.03. The standard InChI is InChI=1S/C16H19N3O4S3/c17-26(22,23)13-3-1-12(2-4-13)18-14(20)9-19-10-25-15(16(19)21)11-5-7-24-8-6-11/h1-4H,5-10H2,(H,18,20)(H2,17,22,23). The zero-order valence-electron chi connectivity index (χ0n) is 13.9. The predicted octanol–water partition coefficient (Wildman–Crippen LogP) is 1.59. The van der Waals surface area contributed by atoms with Gasteiger partial charge in [0, 0.05) is 5.69 Å². The third-order valence-corrected chi connectivity index (χ3v) is 7.17. The predicted molar refractivity (Wildman–Crippen MR) is 104 cm³/mol. The van der Waals surface area contributed by atoms with Gasteiger partial charge in [-0.15, -0.1) is 0 Å². The van der Waals surface area contributed by atoms with Gasteiger partial charge in [0.05, 0.1) is 15.7 Å². The number of hydrogen-bond acceptors (Lipinski definition) is 6. The number of nitrogens with two attached hydrogens (primary N) is 1. The Morgan fingerprint density at radius 1 is 1.19 bits per heavy atom. The normalized spacial score (nSPS) is 18.3. The highest BCUT2D eigenvalue weighted by Gasteiger charge is 2.31.